The first-order valence-corrected chi connectivity index (χ1v) is 12.6. The van der Waals surface area contributed by atoms with Crippen LogP contribution < -0.4 is 4.74 Å². The maximum atomic E-state index is 13.3. The van der Waals surface area contributed by atoms with Crippen LogP contribution in [0.4, 0.5) is 0 Å². The van der Waals surface area contributed by atoms with E-state index in [1.165, 1.54) is 19.6 Å². The Morgan fingerprint density at radius 2 is 2.00 bits per heavy atom. The van der Waals surface area contributed by atoms with Gasteiger partial charge in [-0.15, -0.1) is 0 Å². The molecule has 1 aromatic carbocycles. The van der Waals surface area contributed by atoms with Crippen molar-refractivity contribution in [2.45, 2.75) is 37.8 Å². The van der Waals surface area contributed by atoms with Crippen LogP contribution in [0.3, 0.4) is 0 Å². The van der Waals surface area contributed by atoms with Crippen LogP contribution in [0.15, 0.2) is 58.4 Å². The number of ether oxygens (including phenoxy) is 2. The van der Waals surface area contributed by atoms with Crippen LogP contribution in [0.1, 0.15) is 35.7 Å². The molecule has 1 amide bonds. The number of aromatic nitrogens is 2. The summed E-state index contributed by atoms with van der Waals surface area (Å²) in [5, 5.41) is -0.0580. The second-order valence-electron chi connectivity index (χ2n) is 8.34. The highest BCUT2D eigenvalue weighted by Crippen LogP contribution is 2.22. The Kier molecular flexibility index (Phi) is 8.51. The molecule has 3 rings (SSSR count). The molecule has 34 heavy (non-hydrogen) atoms. The van der Waals surface area contributed by atoms with E-state index in [0.29, 0.717) is 30.2 Å². The Balaban J connectivity index is 1.93. The lowest BCUT2D eigenvalue weighted by atomic mass is 10.2. The van der Waals surface area contributed by atoms with E-state index in [9.17, 15) is 13.2 Å². The molecule has 0 atom stereocenters. The number of carbonyl (C=O) groups is 1. The number of methoxy groups -OCH3 is 2. The van der Waals surface area contributed by atoms with Crippen LogP contribution in [0.5, 0.6) is 5.75 Å². The lowest BCUT2D eigenvalue weighted by Gasteiger charge is -2.24. The smallest absolute Gasteiger partial charge is 0.289 e. The SMILES string of the molecule is COCCn1c(CN(CC(C)C)C(=O)c2ccco2)cnc1S(=O)(=O)Cc1cccc(OC)c1. The van der Waals surface area contributed by atoms with Crippen molar-refractivity contribution >= 4 is 15.7 Å². The summed E-state index contributed by atoms with van der Waals surface area (Å²) in [5.74, 6) is 0.519. The average molecular weight is 490 g/mol. The molecule has 0 saturated heterocycles. The predicted molar refractivity (Wildman–Crippen MR) is 126 cm³/mol. The van der Waals surface area contributed by atoms with Gasteiger partial charge in [0.25, 0.3) is 5.91 Å². The molecule has 0 bridgehead atoms. The molecular weight excluding hydrogens is 458 g/mol. The van der Waals surface area contributed by atoms with Crippen molar-refractivity contribution in [1.82, 2.24) is 14.5 Å². The van der Waals surface area contributed by atoms with Crippen LogP contribution in [-0.2, 0) is 33.4 Å². The van der Waals surface area contributed by atoms with Crippen molar-refractivity contribution in [2.75, 3.05) is 27.4 Å². The number of amides is 1. The molecule has 0 radical (unpaired) electrons. The van der Waals surface area contributed by atoms with Gasteiger partial charge in [-0.3, -0.25) is 4.79 Å². The first-order chi connectivity index (χ1) is 16.2. The number of imidazole rings is 1. The molecular formula is C24H31N3O6S. The number of nitrogens with zero attached hydrogens (tertiary/aromatic N) is 3. The van der Waals surface area contributed by atoms with E-state index in [1.54, 1.807) is 53.0 Å². The van der Waals surface area contributed by atoms with Gasteiger partial charge in [0, 0.05) is 20.2 Å². The second kappa shape index (κ2) is 11.3. The molecule has 0 aliphatic rings. The Labute approximate surface area is 200 Å². The maximum absolute atomic E-state index is 13.3. The monoisotopic (exact) mass is 489 g/mol. The number of furan rings is 1. The summed E-state index contributed by atoms with van der Waals surface area (Å²) in [6.45, 7) is 5.25. The van der Waals surface area contributed by atoms with Gasteiger partial charge in [-0.25, -0.2) is 13.4 Å². The van der Waals surface area contributed by atoms with Gasteiger partial charge in [0.1, 0.15) is 5.75 Å². The number of benzene rings is 1. The zero-order valence-corrected chi connectivity index (χ0v) is 20.7. The summed E-state index contributed by atoms with van der Waals surface area (Å²) < 4.78 is 44.0. The first-order valence-electron chi connectivity index (χ1n) is 11.0. The zero-order chi connectivity index (χ0) is 24.7. The van der Waals surface area contributed by atoms with E-state index >= 15 is 0 Å². The maximum Gasteiger partial charge on any atom is 0.289 e. The summed E-state index contributed by atoms with van der Waals surface area (Å²) in [6.07, 6.45) is 2.96. The molecule has 0 unspecified atom stereocenters. The Hall–Kier alpha value is -3.11. The fraction of sp³-hybridized carbons (Fsp3) is 0.417. The van der Waals surface area contributed by atoms with Crippen molar-refractivity contribution < 1.29 is 27.1 Å². The predicted octanol–water partition coefficient (Wildman–Crippen LogP) is 3.40. The molecule has 0 N–H and O–H groups in total. The Morgan fingerprint density at radius 1 is 1.21 bits per heavy atom. The van der Waals surface area contributed by atoms with Crippen molar-refractivity contribution in [1.29, 1.82) is 0 Å². The molecule has 9 nitrogen and oxygen atoms in total. The lowest BCUT2D eigenvalue weighted by molar-refractivity contribution is 0.0685. The molecule has 2 heterocycles. The summed E-state index contributed by atoms with van der Waals surface area (Å²) in [6, 6.07) is 10.2. The van der Waals surface area contributed by atoms with Crippen molar-refractivity contribution in [3.05, 3.63) is 65.9 Å². The van der Waals surface area contributed by atoms with Crippen molar-refractivity contribution in [3.63, 3.8) is 0 Å². The fourth-order valence-corrected chi connectivity index (χ4v) is 5.15. The van der Waals surface area contributed by atoms with Gasteiger partial charge in [-0.05, 0) is 35.7 Å². The van der Waals surface area contributed by atoms with E-state index in [-0.39, 0.29) is 41.6 Å². The van der Waals surface area contributed by atoms with Crippen LogP contribution in [0.2, 0.25) is 0 Å². The number of sulfone groups is 1. The fourth-order valence-electron chi connectivity index (χ4n) is 3.65. The third-order valence-corrected chi connectivity index (χ3v) is 6.74. The lowest BCUT2D eigenvalue weighted by Crippen LogP contribution is -2.34. The largest absolute Gasteiger partial charge is 0.497 e. The molecule has 3 aromatic rings. The van der Waals surface area contributed by atoms with Crippen LogP contribution in [-0.4, -0.2) is 56.1 Å². The van der Waals surface area contributed by atoms with Crippen molar-refractivity contribution in [3.8, 4) is 5.75 Å². The van der Waals surface area contributed by atoms with Gasteiger partial charge in [-0.1, -0.05) is 26.0 Å². The van der Waals surface area contributed by atoms with Crippen LogP contribution >= 0.6 is 0 Å². The third-order valence-electron chi connectivity index (χ3n) is 5.15. The number of carbonyl (C=O) groups excluding carboxylic acids is 1. The van der Waals surface area contributed by atoms with E-state index in [0.717, 1.165) is 0 Å². The second-order valence-corrected chi connectivity index (χ2v) is 10.2. The average Bonchev–Trinajstić information content (AvgIpc) is 3.47. The quantitative estimate of drug-likeness (QED) is 0.384. The molecule has 2 aromatic heterocycles. The molecule has 0 aliphatic carbocycles. The summed E-state index contributed by atoms with van der Waals surface area (Å²) >= 11 is 0. The minimum Gasteiger partial charge on any atom is -0.497 e. The third kappa shape index (κ3) is 6.27. The van der Waals surface area contributed by atoms with Crippen molar-refractivity contribution in [2.24, 2.45) is 5.92 Å². The zero-order valence-electron chi connectivity index (χ0n) is 19.9. The van der Waals surface area contributed by atoms with Gasteiger partial charge >= 0.3 is 0 Å². The highest BCUT2D eigenvalue weighted by molar-refractivity contribution is 7.90. The summed E-state index contributed by atoms with van der Waals surface area (Å²) in [4.78, 5) is 18.9. The summed E-state index contributed by atoms with van der Waals surface area (Å²) in [5.41, 5.74) is 1.19. The molecule has 0 spiro atoms. The number of hydrogen-bond acceptors (Lipinski definition) is 7. The Morgan fingerprint density at radius 3 is 2.65 bits per heavy atom. The van der Waals surface area contributed by atoms with E-state index in [4.69, 9.17) is 13.9 Å². The molecule has 0 fully saturated rings. The Bertz CT molecular complexity index is 1190. The first kappa shape index (κ1) is 25.5. The summed E-state index contributed by atoms with van der Waals surface area (Å²) in [7, 11) is -0.702. The van der Waals surface area contributed by atoms with E-state index in [2.05, 4.69) is 4.98 Å². The van der Waals surface area contributed by atoms with Gasteiger partial charge in [0.05, 0.1) is 44.2 Å². The minimum atomic E-state index is -3.78. The van der Waals surface area contributed by atoms with Gasteiger partial charge in [0.2, 0.25) is 15.0 Å². The topological polar surface area (TPSA) is 104 Å². The standard InChI is InChI=1S/C24H31N3O6S/c1-18(2)15-26(23(28)22-9-6-11-33-22)16-20-14-25-24(27(20)10-12-31-3)34(29,30)17-19-7-5-8-21(13-19)32-4/h5-9,11,13-14,18H,10,12,15-17H2,1-4H3. The number of hydrogen-bond donors (Lipinski definition) is 0. The van der Waals surface area contributed by atoms with E-state index < -0.39 is 9.84 Å². The normalized spacial score (nSPS) is 11.7. The molecule has 184 valence electrons. The molecule has 0 saturated carbocycles. The minimum absolute atomic E-state index is 0.0580. The highest BCUT2D eigenvalue weighted by Gasteiger charge is 2.27. The molecule has 0 aliphatic heterocycles. The highest BCUT2D eigenvalue weighted by atomic mass is 32.2. The molecule has 10 heteroatoms. The van der Waals surface area contributed by atoms with E-state index in [1.807, 2.05) is 13.8 Å². The van der Waals surface area contributed by atoms with Crippen LogP contribution in [0.25, 0.3) is 0 Å². The van der Waals surface area contributed by atoms with Crippen LogP contribution in [0, 0.1) is 5.92 Å². The van der Waals surface area contributed by atoms with Gasteiger partial charge < -0.3 is 23.4 Å². The van der Waals surface area contributed by atoms with Gasteiger partial charge in [0.15, 0.2) is 5.76 Å². The number of rotatable bonds is 12. The van der Waals surface area contributed by atoms with Gasteiger partial charge in [-0.2, -0.15) is 0 Å².